The quantitative estimate of drug-likeness (QED) is 0.534. The molecular formula is C22H21ClN2O3S. The minimum Gasteiger partial charge on any atom is -0.451 e. The molecule has 0 radical (unpaired) electrons. The standard InChI is InChI=1S/C22H21ClN2O3S/c1-3-15-4-6-16(7-5-15)14(2)24-20(26)12-28-22(27)19-13-29-21(25-19)17-8-10-18(23)11-9-17/h4-11,13-14H,3,12H2,1-2H3,(H,24,26). The van der Waals surface area contributed by atoms with E-state index in [4.69, 9.17) is 16.3 Å². The van der Waals surface area contributed by atoms with Gasteiger partial charge in [-0.15, -0.1) is 11.3 Å². The van der Waals surface area contributed by atoms with Crippen LogP contribution in [0.25, 0.3) is 10.6 Å². The molecule has 150 valence electrons. The first kappa shape index (κ1) is 21.0. The topological polar surface area (TPSA) is 68.3 Å². The van der Waals surface area contributed by atoms with Gasteiger partial charge in [0.1, 0.15) is 5.01 Å². The highest BCUT2D eigenvalue weighted by molar-refractivity contribution is 7.13. The number of nitrogens with one attached hydrogen (secondary N) is 1. The third-order valence-electron chi connectivity index (χ3n) is 4.40. The van der Waals surface area contributed by atoms with Crippen LogP contribution in [0.1, 0.15) is 41.5 Å². The first-order chi connectivity index (χ1) is 14.0. The second kappa shape index (κ2) is 9.67. The maximum Gasteiger partial charge on any atom is 0.358 e. The molecule has 0 fully saturated rings. The van der Waals surface area contributed by atoms with Gasteiger partial charge in [-0.05, 0) is 36.6 Å². The van der Waals surface area contributed by atoms with Crippen molar-refractivity contribution >= 4 is 34.8 Å². The van der Waals surface area contributed by atoms with E-state index in [1.807, 2.05) is 43.3 Å². The van der Waals surface area contributed by atoms with Crippen LogP contribution in [-0.2, 0) is 16.0 Å². The van der Waals surface area contributed by atoms with E-state index in [2.05, 4.69) is 17.2 Å². The van der Waals surface area contributed by atoms with Crippen LogP contribution in [0.4, 0.5) is 0 Å². The Balaban J connectivity index is 1.52. The Bertz CT molecular complexity index is 984. The number of hydrogen-bond acceptors (Lipinski definition) is 5. The molecule has 29 heavy (non-hydrogen) atoms. The molecule has 1 N–H and O–H groups in total. The predicted octanol–water partition coefficient (Wildman–Crippen LogP) is 5.06. The zero-order valence-corrected chi connectivity index (χ0v) is 17.7. The zero-order valence-electron chi connectivity index (χ0n) is 16.1. The van der Waals surface area contributed by atoms with E-state index in [9.17, 15) is 9.59 Å². The largest absolute Gasteiger partial charge is 0.451 e. The van der Waals surface area contributed by atoms with Crippen LogP contribution in [0.2, 0.25) is 5.02 Å². The summed E-state index contributed by atoms with van der Waals surface area (Å²) in [5, 5.41) is 5.76. The van der Waals surface area contributed by atoms with Gasteiger partial charge in [0, 0.05) is 16.0 Å². The van der Waals surface area contributed by atoms with Crippen LogP contribution >= 0.6 is 22.9 Å². The molecule has 2 aromatic carbocycles. The van der Waals surface area contributed by atoms with Gasteiger partial charge in [0.25, 0.3) is 5.91 Å². The second-order valence-corrected chi connectivity index (χ2v) is 7.80. The summed E-state index contributed by atoms with van der Waals surface area (Å²) < 4.78 is 5.10. The van der Waals surface area contributed by atoms with E-state index in [0.29, 0.717) is 10.0 Å². The maximum absolute atomic E-state index is 12.2. The molecule has 0 saturated carbocycles. The lowest BCUT2D eigenvalue weighted by Crippen LogP contribution is -2.31. The van der Waals surface area contributed by atoms with Gasteiger partial charge in [0.15, 0.2) is 12.3 Å². The highest BCUT2D eigenvalue weighted by Gasteiger charge is 2.16. The minimum absolute atomic E-state index is 0.177. The number of benzene rings is 2. The number of esters is 1. The van der Waals surface area contributed by atoms with Crippen molar-refractivity contribution in [3.8, 4) is 10.6 Å². The number of aromatic nitrogens is 1. The van der Waals surface area contributed by atoms with Crippen molar-refractivity contribution in [2.45, 2.75) is 26.3 Å². The molecular weight excluding hydrogens is 408 g/mol. The molecule has 0 aliphatic carbocycles. The fraction of sp³-hybridized carbons (Fsp3) is 0.227. The van der Waals surface area contributed by atoms with Crippen molar-refractivity contribution in [2.24, 2.45) is 0 Å². The predicted molar refractivity (Wildman–Crippen MR) is 115 cm³/mol. The number of halogens is 1. The number of amides is 1. The summed E-state index contributed by atoms with van der Waals surface area (Å²) >= 11 is 7.21. The van der Waals surface area contributed by atoms with Crippen molar-refractivity contribution in [3.63, 3.8) is 0 Å². The fourth-order valence-electron chi connectivity index (χ4n) is 2.71. The average molecular weight is 429 g/mol. The third-order valence-corrected chi connectivity index (χ3v) is 5.55. The van der Waals surface area contributed by atoms with Crippen LogP contribution in [0, 0.1) is 0 Å². The normalized spacial score (nSPS) is 11.7. The maximum atomic E-state index is 12.2. The Morgan fingerprint density at radius 1 is 1.14 bits per heavy atom. The summed E-state index contributed by atoms with van der Waals surface area (Å²) in [6.45, 7) is 3.62. The molecule has 1 heterocycles. The molecule has 0 saturated heterocycles. The molecule has 0 aliphatic heterocycles. The highest BCUT2D eigenvalue weighted by atomic mass is 35.5. The summed E-state index contributed by atoms with van der Waals surface area (Å²) in [7, 11) is 0. The molecule has 7 heteroatoms. The number of thiazole rings is 1. The number of rotatable bonds is 7. The number of carbonyl (C=O) groups is 2. The average Bonchev–Trinajstić information content (AvgIpc) is 3.23. The van der Waals surface area contributed by atoms with Crippen molar-refractivity contribution < 1.29 is 14.3 Å². The second-order valence-electron chi connectivity index (χ2n) is 6.51. The van der Waals surface area contributed by atoms with E-state index in [1.54, 1.807) is 17.5 Å². The molecule has 1 amide bonds. The number of carbonyl (C=O) groups excluding carboxylic acids is 2. The number of nitrogens with zero attached hydrogens (tertiary/aromatic N) is 1. The van der Waals surface area contributed by atoms with E-state index >= 15 is 0 Å². The van der Waals surface area contributed by atoms with Gasteiger partial charge in [-0.3, -0.25) is 4.79 Å². The molecule has 3 rings (SSSR count). The van der Waals surface area contributed by atoms with Crippen LogP contribution in [0.5, 0.6) is 0 Å². The van der Waals surface area contributed by atoms with Gasteiger partial charge in [-0.2, -0.15) is 0 Å². The lowest BCUT2D eigenvalue weighted by atomic mass is 10.1. The van der Waals surface area contributed by atoms with Crippen molar-refractivity contribution in [2.75, 3.05) is 6.61 Å². The third kappa shape index (κ3) is 5.65. The van der Waals surface area contributed by atoms with Gasteiger partial charge in [0.2, 0.25) is 0 Å². The molecule has 3 aromatic rings. The minimum atomic E-state index is -0.628. The Morgan fingerprint density at radius 3 is 2.48 bits per heavy atom. The van der Waals surface area contributed by atoms with E-state index < -0.39 is 5.97 Å². The summed E-state index contributed by atoms with van der Waals surface area (Å²) in [5.74, 6) is -0.991. The molecule has 0 spiro atoms. The van der Waals surface area contributed by atoms with Crippen LogP contribution in [0.15, 0.2) is 53.9 Å². The van der Waals surface area contributed by atoms with Gasteiger partial charge in [-0.25, -0.2) is 9.78 Å². The van der Waals surface area contributed by atoms with E-state index in [-0.39, 0.29) is 24.2 Å². The smallest absolute Gasteiger partial charge is 0.358 e. The van der Waals surface area contributed by atoms with Crippen LogP contribution in [-0.4, -0.2) is 23.5 Å². The Kier molecular flexibility index (Phi) is 7.01. The van der Waals surface area contributed by atoms with Crippen LogP contribution in [0.3, 0.4) is 0 Å². The summed E-state index contributed by atoms with van der Waals surface area (Å²) in [5.41, 5.74) is 3.27. The summed E-state index contributed by atoms with van der Waals surface area (Å²) in [6.07, 6.45) is 0.966. The summed E-state index contributed by atoms with van der Waals surface area (Å²) in [4.78, 5) is 28.6. The van der Waals surface area contributed by atoms with E-state index in [0.717, 1.165) is 17.5 Å². The lowest BCUT2D eigenvalue weighted by molar-refractivity contribution is -0.124. The van der Waals surface area contributed by atoms with Crippen molar-refractivity contribution in [1.29, 1.82) is 0 Å². The Labute approximate surface area is 178 Å². The van der Waals surface area contributed by atoms with Crippen molar-refractivity contribution in [1.82, 2.24) is 10.3 Å². The molecule has 1 aromatic heterocycles. The molecule has 1 unspecified atom stereocenters. The number of ether oxygens (including phenoxy) is 1. The van der Waals surface area contributed by atoms with Gasteiger partial charge in [0.05, 0.1) is 6.04 Å². The zero-order chi connectivity index (χ0) is 20.8. The number of aryl methyl sites for hydroxylation is 1. The fourth-order valence-corrected chi connectivity index (χ4v) is 3.63. The molecule has 0 bridgehead atoms. The Morgan fingerprint density at radius 2 is 1.83 bits per heavy atom. The molecule has 5 nitrogen and oxygen atoms in total. The van der Waals surface area contributed by atoms with E-state index in [1.165, 1.54) is 16.9 Å². The van der Waals surface area contributed by atoms with Gasteiger partial charge >= 0.3 is 5.97 Å². The Hall–Kier alpha value is -2.70. The monoisotopic (exact) mass is 428 g/mol. The lowest BCUT2D eigenvalue weighted by Gasteiger charge is -2.14. The number of hydrogen-bond donors (Lipinski definition) is 1. The molecule has 0 aliphatic rings. The highest BCUT2D eigenvalue weighted by Crippen LogP contribution is 2.25. The van der Waals surface area contributed by atoms with Gasteiger partial charge in [-0.1, -0.05) is 54.9 Å². The van der Waals surface area contributed by atoms with Gasteiger partial charge < -0.3 is 10.1 Å². The van der Waals surface area contributed by atoms with Crippen LogP contribution < -0.4 is 5.32 Å². The summed E-state index contributed by atoms with van der Waals surface area (Å²) in [6, 6.07) is 15.1. The SMILES string of the molecule is CCc1ccc(C(C)NC(=O)COC(=O)c2csc(-c3ccc(Cl)cc3)n2)cc1. The van der Waals surface area contributed by atoms with Crippen molar-refractivity contribution in [3.05, 3.63) is 75.8 Å². The molecule has 1 atom stereocenters. The first-order valence-electron chi connectivity index (χ1n) is 9.23. The first-order valence-corrected chi connectivity index (χ1v) is 10.5.